The zero-order valence-corrected chi connectivity index (χ0v) is 11.0. The molecule has 0 amide bonds. The summed E-state index contributed by atoms with van der Waals surface area (Å²) >= 11 is 3.15. The van der Waals surface area contributed by atoms with E-state index in [-0.39, 0.29) is 11.3 Å². The maximum Gasteiger partial charge on any atom is 0.322 e. The molecule has 1 unspecified atom stereocenters. The maximum absolute atomic E-state index is 12.0. The van der Waals surface area contributed by atoms with Crippen LogP contribution in [0.15, 0.2) is 33.6 Å². The van der Waals surface area contributed by atoms with E-state index >= 15 is 0 Å². The van der Waals surface area contributed by atoms with Crippen LogP contribution in [0.4, 0.5) is 0 Å². The van der Waals surface area contributed by atoms with Crippen LogP contribution in [0.1, 0.15) is 13.3 Å². The van der Waals surface area contributed by atoms with Crippen LogP contribution in [0.5, 0.6) is 0 Å². The van der Waals surface area contributed by atoms with Gasteiger partial charge in [0, 0.05) is 4.47 Å². The molecule has 1 aromatic carbocycles. The smallest absolute Gasteiger partial charge is 0.322 e. The molecular formula is C10H11BrO4S. The van der Waals surface area contributed by atoms with Crippen molar-refractivity contribution in [2.24, 2.45) is 0 Å². The van der Waals surface area contributed by atoms with Crippen molar-refractivity contribution in [2.75, 3.05) is 0 Å². The van der Waals surface area contributed by atoms with E-state index in [9.17, 15) is 13.2 Å². The number of benzene rings is 1. The number of halogens is 1. The number of hydrogen-bond acceptors (Lipinski definition) is 3. The molecule has 0 spiro atoms. The monoisotopic (exact) mass is 306 g/mol. The molecule has 6 heteroatoms. The van der Waals surface area contributed by atoms with Gasteiger partial charge in [0.05, 0.1) is 4.90 Å². The van der Waals surface area contributed by atoms with Crippen molar-refractivity contribution in [3.8, 4) is 0 Å². The summed E-state index contributed by atoms with van der Waals surface area (Å²) in [7, 11) is -3.80. The Bertz CT molecular complexity index is 495. The minimum absolute atomic E-state index is 0.0242. The van der Waals surface area contributed by atoms with Gasteiger partial charge < -0.3 is 5.11 Å². The van der Waals surface area contributed by atoms with Crippen molar-refractivity contribution < 1.29 is 18.3 Å². The van der Waals surface area contributed by atoms with Crippen molar-refractivity contribution in [1.29, 1.82) is 0 Å². The molecule has 0 aliphatic heterocycles. The lowest BCUT2D eigenvalue weighted by molar-refractivity contribution is -0.136. The van der Waals surface area contributed by atoms with Crippen LogP contribution in [-0.2, 0) is 14.6 Å². The summed E-state index contributed by atoms with van der Waals surface area (Å²) in [6.07, 6.45) is 0.0458. The number of carboxylic acid groups (broad SMARTS) is 1. The van der Waals surface area contributed by atoms with Gasteiger partial charge in [-0.3, -0.25) is 4.79 Å². The van der Waals surface area contributed by atoms with E-state index in [1.807, 2.05) is 0 Å². The average Bonchev–Trinajstić information content (AvgIpc) is 2.17. The molecule has 0 aliphatic rings. The molecule has 0 aliphatic carbocycles. The molecule has 1 rings (SSSR count). The Balaban J connectivity index is 3.25. The maximum atomic E-state index is 12.0. The molecule has 0 heterocycles. The number of carboxylic acids is 1. The van der Waals surface area contributed by atoms with Gasteiger partial charge in [-0.2, -0.15) is 0 Å². The predicted molar refractivity (Wildman–Crippen MR) is 63.0 cm³/mol. The fourth-order valence-electron chi connectivity index (χ4n) is 1.34. The van der Waals surface area contributed by atoms with E-state index in [2.05, 4.69) is 15.9 Å². The van der Waals surface area contributed by atoms with Gasteiger partial charge in [-0.05, 0) is 24.6 Å². The van der Waals surface area contributed by atoms with Gasteiger partial charge in [0.1, 0.15) is 0 Å². The lowest BCUT2D eigenvalue weighted by atomic mass is 10.3. The van der Waals surface area contributed by atoms with Crippen LogP contribution in [-0.4, -0.2) is 24.7 Å². The van der Waals surface area contributed by atoms with E-state index in [4.69, 9.17) is 5.11 Å². The minimum Gasteiger partial charge on any atom is -0.480 e. The molecule has 1 N–H and O–H groups in total. The Morgan fingerprint density at radius 1 is 1.50 bits per heavy atom. The second-order valence-electron chi connectivity index (χ2n) is 3.24. The SMILES string of the molecule is CCC(C(=O)O)S(=O)(=O)c1cccc(Br)c1. The van der Waals surface area contributed by atoms with Crippen molar-refractivity contribution in [3.05, 3.63) is 28.7 Å². The Labute approximate surface area is 102 Å². The zero-order chi connectivity index (χ0) is 12.3. The van der Waals surface area contributed by atoms with Crippen molar-refractivity contribution in [2.45, 2.75) is 23.5 Å². The average molecular weight is 307 g/mol. The van der Waals surface area contributed by atoms with Gasteiger partial charge in [0.2, 0.25) is 0 Å². The van der Waals surface area contributed by atoms with Gasteiger partial charge in [0.15, 0.2) is 15.1 Å². The van der Waals surface area contributed by atoms with Crippen LogP contribution < -0.4 is 0 Å². The van der Waals surface area contributed by atoms with Crippen LogP contribution in [0, 0.1) is 0 Å². The third-order valence-electron chi connectivity index (χ3n) is 2.15. The Kier molecular flexibility index (Phi) is 4.09. The van der Waals surface area contributed by atoms with Crippen molar-refractivity contribution in [3.63, 3.8) is 0 Å². The molecule has 4 nitrogen and oxygen atoms in total. The summed E-state index contributed by atoms with van der Waals surface area (Å²) in [6.45, 7) is 1.54. The lowest BCUT2D eigenvalue weighted by Crippen LogP contribution is -2.29. The molecule has 16 heavy (non-hydrogen) atoms. The molecule has 88 valence electrons. The van der Waals surface area contributed by atoms with Gasteiger partial charge >= 0.3 is 5.97 Å². The number of aliphatic carboxylic acids is 1. The van der Waals surface area contributed by atoms with E-state index in [1.165, 1.54) is 19.1 Å². The van der Waals surface area contributed by atoms with E-state index in [0.717, 1.165) is 0 Å². The molecule has 1 aromatic rings. The summed E-state index contributed by atoms with van der Waals surface area (Å²) < 4.78 is 24.5. The summed E-state index contributed by atoms with van der Waals surface area (Å²) in [4.78, 5) is 10.9. The van der Waals surface area contributed by atoms with Crippen LogP contribution in [0.3, 0.4) is 0 Å². The van der Waals surface area contributed by atoms with Gasteiger partial charge in [0.25, 0.3) is 0 Å². The normalized spacial score (nSPS) is 13.4. The van der Waals surface area contributed by atoms with Crippen molar-refractivity contribution >= 4 is 31.7 Å². The second kappa shape index (κ2) is 4.97. The highest BCUT2D eigenvalue weighted by atomic mass is 79.9. The molecule has 0 fully saturated rings. The van der Waals surface area contributed by atoms with E-state index in [0.29, 0.717) is 4.47 Å². The van der Waals surface area contributed by atoms with Crippen LogP contribution in [0.2, 0.25) is 0 Å². The van der Waals surface area contributed by atoms with Crippen LogP contribution >= 0.6 is 15.9 Å². The van der Waals surface area contributed by atoms with Gasteiger partial charge in [-0.1, -0.05) is 28.9 Å². The topological polar surface area (TPSA) is 71.4 Å². The minimum atomic E-state index is -3.80. The third-order valence-corrected chi connectivity index (χ3v) is 4.83. The Hall–Kier alpha value is -0.880. The number of carbonyl (C=O) groups is 1. The second-order valence-corrected chi connectivity index (χ2v) is 6.28. The zero-order valence-electron chi connectivity index (χ0n) is 8.55. The fraction of sp³-hybridized carbons (Fsp3) is 0.300. The van der Waals surface area contributed by atoms with E-state index in [1.54, 1.807) is 12.1 Å². The van der Waals surface area contributed by atoms with Crippen molar-refractivity contribution in [1.82, 2.24) is 0 Å². The number of sulfone groups is 1. The standard InChI is InChI=1S/C10H11BrO4S/c1-2-9(10(12)13)16(14,15)8-5-3-4-7(11)6-8/h3-6,9H,2H2,1H3,(H,12,13). The van der Waals surface area contributed by atoms with Gasteiger partial charge in [-0.15, -0.1) is 0 Å². The highest BCUT2D eigenvalue weighted by molar-refractivity contribution is 9.10. The first kappa shape index (κ1) is 13.2. The number of rotatable bonds is 4. The van der Waals surface area contributed by atoms with E-state index < -0.39 is 21.1 Å². The summed E-state index contributed by atoms with van der Waals surface area (Å²) in [6, 6.07) is 6.04. The third kappa shape index (κ3) is 2.62. The Morgan fingerprint density at radius 3 is 2.56 bits per heavy atom. The fourth-order valence-corrected chi connectivity index (χ4v) is 3.48. The first-order chi connectivity index (χ1) is 7.39. The summed E-state index contributed by atoms with van der Waals surface area (Å²) in [5.41, 5.74) is 0. The molecule has 0 radical (unpaired) electrons. The highest BCUT2D eigenvalue weighted by Crippen LogP contribution is 2.21. The molecular weight excluding hydrogens is 296 g/mol. The van der Waals surface area contributed by atoms with Crippen LogP contribution in [0.25, 0.3) is 0 Å². The lowest BCUT2D eigenvalue weighted by Gasteiger charge is -2.11. The summed E-state index contributed by atoms with van der Waals surface area (Å²) in [5, 5.41) is 7.46. The highest BCUT2D eigenvalue weighted by Gasteiger charge is 2.32. The summed E-state index contributed by atoms with van der Waals surface area (Å²) in [5.74, 6) is -1.32. The molecule has 0 saturated heterocycles. The Morgan fingerprint density at radius 2 is 2.12 bits per heavy atom. The number of hydrogen-bond donors (Lipinski definition) is 1. The molecule has 1 atom stereocenters. The first-order valence-corrected chi connectivity index (χ1v) is 6.95. The van der Waals surface area contributed by atoms with Gasteiger partial charge in [-0.25, -0.2) is 8.42 Å². The first-order valence-electron chi connectivity index (χ1n) is 4.62. The molecule has 0 aromatic heterocycles. The molecule has 0 bridgehead atoms. The predicted octanol–water partition coefficient (Wildman–Crippen LogP) is 2.09. The largest absolute Gasteiger partial charge is 0.480 e. The molecule has 0 saturated carbocycles. The quantitative estimate of drug-likeness (QED) is 0.924.